The third-order valence-electron chi connectivity index (χ3n) is 6.07. The van der Waals surface area contributed by atoms with E-state index in [0.29, 0.717) is 44.9 Å². The SMILES string of the molecule is COc1cc([C@@H]2C(C#N)=C(N)N(C)C3=C2C(=O)CCC3)c(Br)cc1OCc1ccc(F)cc1. The van der Waals surface area contributed by atoms with Gasteiger partial charge in [0.1, 0.15) is 18.2 Å². The van der Waals surface area contributed by atoms with Crippen LogP contribution in [0.15, 0.2) is 63.5 Å². The molecule has 0 saturated heterocycles. The highest BCUT2D eigenvalue weighted by Gasteiger charge is 2.39. The number of nitrogens with two attached hydrogens (primary N) is 1. The van der Waals surface area contributed by atoms with Gasteiger partial charge in [0.25, 0.3) is 0 Å². The van der Waals surface area contributed by atoms with E-state index >= 15 is 0 Å². The number of hydrogen-bond donors (Lipinski definition) is 1. The van der Waals surface area contributed by atoms with Crippen molar-refractivity contribution in [1.29, 1.82) is 5.26 Å². The molecule has 2 aromatic carbocycles. The fourth-order valence-electron chi connectivity index (χ4n) is 4.36. The first-order chi connectivity index (χ1) is 15.8. The third-order valence-corrected chi connectivity index (χ3v) is 6.76. The largest absolute Gasteiger partial charge is 0.493 e. The fourth-order valence-corrected chi connectivity index (χ4v) is 4.91. The molecule has 0 bridgehead atoms. The van der Waals surface area contributed by atoms with Gasteiger partial charge in [-0.05, 0) is 48.2 Å². The van der Waals surface area contributed by atoms with E-state index in [9.17, 15) is 14.4 Å². The van der Waals surface area contributed by atoms with Crippen LogP contribution >= 0.6 is 15.9 Å². The minimum absolute atomic E-state index is 0.0239. The number of allylic oxidation sites excluding steroid dienone is 3. The van der Waals surface area contributed by atoms with Gasteiger partial charge in [0.15, 0.2) is 17.3 Å². The molecule has 0 saturated carbocycles. The summed E-state index contributed by atoms with van der Waals surface area (Å²) in [7, 11) is 3.32. The first-order valence-corrected chi connectivity index (χ1v) is 11.3. The molecule has 0 aromatic heterocycles. The fraction of sp³-hybridized carbons (Fsp3) is 0.280. The minimum atomic E-state index is -0.594. The highest BCUT2D eigenvalue weighted by Crippen LogP contribution is 2.48. The van der Waals surface area contributed by atoms with Gasteiger partial charge in [-0.1, -0.05) is 28.1 Å². The Morgan fingerprint density at radius 3 is 2.64 bits per heavy atom. The van der Waals surface area contributed by atoms with Crippen molar-refractivity contribution >= 4 is 21.7 Å². The van der Waals surface area contributed by atoms with E-state index in [0.717, 1.165) is 24.1 Å². The van der Waals surface area contributed by atoms with Crippen molar-refractivity contribution in [3.63, 3.8) is 0 Å². The molecule has 2 aromatic rings. The molecular weight excluding hydrogens is 489 g/mol. The lowest BCUT2D eigenvalue weighted by atomic mass is 9.76. The molecule has 2 N–H and O–H groups in total. The van der Waals surface area contributed by atoms with Crippen LogP contribution in [0.1, 0.15) is 36.3 Å². The molecule has 1 atom stereocenters. The summed E-state index contributed by atoms with van der Waals surface area (Å²) in [6.07, 6.45) is 1.92. The Balaban J connectivity index is 1.76. The van der Waals surface area contributed by atoms with Crippen LogP contribution < -0.4 is 15.2 Å². The van der Waals surface area contributed by atoms with Crippen molar-refractivity contribution in [1.82, 2.24) is 4.90 Å². The van der Waals surface area contributed by atoms with Crippen molar-refractivity contribution in [2.45, 2.75) is 31.8 Å². The maximum absolute atomic E-state index is 13.2. The predicted octanol–water partition coefficient (Wildman–Crippen LogP) is 4.91. The first kappa shape index (κ1) is 22.9. The summed E-state index contributed by atoms with van der Waals surface area (Å²) in [4.78, 5) is 14.7. The van der Waals surface area contributed by atoms with Gasteiger partial charge >= 0.3 is 0 Å². The molecule has 1 aliphatic heterocycles. The molecule has 0 fully saturated rings. The molecule has 0 unspecified atom stereocenters. The summed E-state index contributed by atoms with van der Waals surface area (Å²) >= 11 is 3.60. The number of ketones is 1. The lowest BCUT2D eigenvalue weighted by Crippen LogP contribution is -2.36. The second-order valence-corrected chi connectivity index (χ2v) is 8.83. The molecule has 6 nitrogen and oxygen atoms in total. The Morgan fingerprint density at radius 2 is 1.97 bits per heavy atom. The summed E-state index contributed by atoms with van der Waals surface area (Å²) in [6.45, 7) is 0.223. The zero-order valence-corrected chi connectivity index (χ0v) is 19.9. The number of methoxy groups -OCH3 is 1. The number of carbonyl (C=O) groups is 1. The van der Waals surface area contributed by atoms with E-state index in [1.807, 2.05) is 0 Å². The van der Waals surface area contributed by atoms with E-state index in [-0.39, 0.29) is 18.2 Å². The molecule has 33 heavy (non-hydrogen) atoms. The number of nitrogens with zero attached hydrogens (tertiary/aromatic N) is 2. The van der Waals surface area contributed by atoms with Gasteiger partial charge in [-0.3, -0.25) is 4.79 Å². The second-order valence-electron chi connectivity index (χ2n) is 7.98. The molecule has 4 rings (SSSR count). The van der Waals surface area contributed by atoms with E-state index in [4.69, 9.17) is 15.2 Å². The Hall–Kier alpha value is -3.31. The average Bonchev–Trinajstić information content (AvgIpc) is 2.81. The summed E-state index contributed by atoms with van der Waals surface area (Å²) < 4.78 is 25.3. The Morgan fingerprint density at radius 1 is 1.24 bits per heavy atom. The van der Waals surface area contributed by atoms with Crippen LogP contribution in [0, 0.1) is 17.1 Å². The predicted molar refractivity (Wildman–Crippen MR) is 125 cm³/mol. The van der Waals surface area contributed by atoms with Crippen molar-refractivity contribution in [2.24, 2.45) is 5.73 Å². The molecular formula is C25H23BrFN3O3. The standard InChI is InChI=1S/C25H23BrFN3O3/c1-30-19-4-3-5-20(31)24(19)23(17(12-28)25(30)29)16-10-21(32-2)22(11-18(16)26)33-13-14-6-8-15(27)9-7-14/h6-11,23H,3-5,13,29H2,1-2H3/t23-/m1/s1. The summed E-state index contributed by atoms with van der Waals surface area (Å²) in [5, 5.41) is 9.94. The molecule has 0 amide bonds. The number of rotatable bonds is 5. The van der Waals surface area contributed by atoms with Crippen molar-refractivity contribution in [2.75, 3.05) is 14.2 Å². The molecule has 1 aliphatic carbocycles. The number of ether oxygens (including phenoxy) is 2. The monoisotopic (exact) mass is 511 g/mol. The van der Waals surface area contributed by atoms with Crippen LogP contribution in [0.25, 0.3) is 0 Å². The number of nitriles is 1. The Labute approximate surface area is 200 Å². The topological polar surface area (TPSA) is 88.6 Å². The van der Waals surface area contributed by atoms with E-state index in [2.05, 4.69) is 22.0 Å². The maximum Gasteiger partial charge on any atom is 0.162 e. The molecule has 170 valence electrons. The maximum atomic E-state index is 13.2. The molecule has 0 radical (unpaired) electrons. The van der Waals surface area contributed by atoms with Crippen molar-refractivity contribution in [3.8, 4) is 17.6 Å². The zero-order chi connectivity index (χ0) is 23.7. The van der Waals surface area contributed by atoms with Gasteiger partial charge in [-0.15, -0.1) is 0 Å². The minimum Gasteiger partial charge on any atom is -0.493 e. The normalized spacial score (nSPS) is 18.2. The number of halogens is 2. The quantitative estimate of drug-likeness (QED) is 0.613. The third kappa shape index (κ3) is 4.21. The van der Waals surface area contributed by atoms with Crippen molar-refractivity contribution in [3.05, 3.63) is 80.5 Å². The molecule has 0 spiro atoms. The van der Waals surface area contributed by atoms with E-state index < -0.39 is 5.92 Å². The molecule has 2 aliphatic rings. The number of Topliss-reactive ketones (excluding diaryl/α,β-unsaturated/α-hetero) is 1. The Kier molecular flexibility index (Phi) is 6.43. The van der Waals surface area contributed by atoms with Crippen LogP contribution in [-0.4, -0.2) is 24.8 Å². The Bertz CT molecular complexity index is 1210. The summed E-state index contributed by atoms with van der Waals surface area (Å²) in [5.41, 5.74) is 9.63. The molecule has 8 heteroatoms. The molecule has 1 heterocycles. The van der Waals surface area contributed by atoms with E-state index in [1.54, 1.807) is 36.2 Å². The lowest BCUT2D eigenvalue weighted by Gasteiger charge is -2.38. The first-order valence-electron chi connectivity index (χ1n) is 10.5. The van der Waals surface area contributed by atoms with Crippen LogP contribution in [0.4, 0.5) is 4.39 Å². The highest BCUT2D eigenvalue weighted by atomic mass is 79.9. The highest BCUT2D eigenvalue weighted by molar-refractivity contribution is 9.10. The van der Waals surface area contributed by atoms with Gasteiger partial charge in [0, 0.05) is 29.2 Å². The van der Waals surface area contributed by atoms with Crippen LogP contribution in [0.3, 0.4) is 0 Å². The number of benzene rings is 2. The van der Waals surface area contributed by atoms with E-state index in [1.165, 1.54) is 19.2 Å². The smallest absolute Gasteiger partial charge is 0.162 e. The van der Waals surface area contributed by atoms with Crippen LogP contribution in [0.5, 0.6) is 11.5 Å². The summed E-state index contributed by atoms with van der Waals surface area (Å²) in [5.74, 6) is 0.395. The second kappa shape index (κ2) is 9.28. The van der Waals surface area contributed by atoms with Gasteiger partial charge < -0.3 is 20.1 Å². The zero-order valence-electron chi connectivity index (χ0n) is 18.3. The number of carbonyl (C=O) groups excluding carboxylic acids is 1. The van der Waals surface area contributed by atoms with Gasteiger partial charge in [-0.25, -0.2) is 4.39 Å². The number of hydrogen-bond acceptors (Lipinski definition) is 6. The van der Waals surface area contributed by atoms with Crippen LogP contribution in [0.2, 0.25) is 0 Å². The van der Waals surface area contributed by atoms with Gasteiger partial charge in [0.05, 0.1) is 24.7 Å². The summed E-state index contributed by atoms with van der Waals surface area (Å²) in [6, 6.07) is 11.8. The average molecular weight is 512 g/mol. The van der Waals surface area contributed by atoms with Gasteiger partial charge in [-0.2, -0.15) is 5.26 Å². The van der Waals surface area contributed by atoms with Gasteiger partial charge in [0.2, 0.25) is 0 Å². The van der Waals surface area contributed by atoms with Crippen LogP contribution in [-0.2, 0) is 11.4 Å². The van der Waals surface area contributed by atoms with Crippen molar-refractivity contribution < 1.29 is 18.7 Å². The lowest BCUT2D eigenvalue weighted by molar-refractivity contribution is -0.116.